The number of likely N-dealkylation sites (N-methyl/N-ethyl adjacent to an activating group) is 1. The molecule has 3 nitrogen and oxygen atoms in total. The monoisotopic (exact) mass is 231 g/mol. The summed E-state index contributed by atoms with van der Waals surface area (Å²) in [5.41, 5.74) is 8.53. The van der Waals surface area contributed by atoms with E-state index in [2.05, 4.69) is 17.0 Å². The maximum absolute atomic E-state index is 7.46. The van der Waals surface area contributed by atoms with Gasteiger partial charge in [0.15, 0.2) is 0 Å². The summed E-state index contributed by atoms with van der Waals surface area (Å²) in [5.74, 6) is 0. The third-order valence-electron chi connectivity index (χ3n) is 2.66. The lowest BCUT2D eigenvalue weighted by molar-refractivity contribution is 0.326. The molecule has 1 atom stereocenters. The Hall–Kier alpha value is -1.61. The molecule has 0 aromatic heterocycles. The molecular formula is C14H21N3. The molecule has 0 radical (unpaired) electrons. The van der Waals surface area contributed by atoms with Crippen LogP contribution >= 0.6 is 0 Å². The fourth-order valence-corrected chi connectivity index (χ4v) is 1.78. The van der Waals surface area contributed by atoms with E-state index < -0.39 is 0 Å². The van der Waals surface area contributed by atoms with Crippen LogP contribution in [0, 0.1) is 5.41 Å². The Morgan fingerprint density at radius 1 is 1.35 bits per heavy atom. The van der Waals surface area contributed by atoms with E-state index in [0.29, 0.717) is 5.71 Å². The SMILES string of the molecule is CC(=N)/C=C(\N)C(Cc1ccccc1)N(C)C. The molecule has 1 unspecified atom stereocenters. The van der Waals surface area contributed by atoms with Gasteiger partial charge in [-0.1, -0.05) is 30.3 Å². The Morgan fingerprint density at radius 2 is 1.94 bits per heavy atom. The number of rotatable bonds is 5. The predicted molar refractivity (Wildman–Crippen MR) is 73.3 cm³/mol. The first-order valence-electron chi connectivity index (χ1n) is 5.73. The van der Waals surface area contributed by atoms with Crippen LogP contribution in [0.5, 0.6) is 0 Å². The highest BCUT2D eigenvalue weighted by atomic mass is 15.1. The van der Waals surface area contributed by atoms with Gasteiger partial charge in [0.25, 0.3) is 0 Å². The van der Waals surface area contributed by atoms with Crippen molar-refractivity contribution in [2.45, 2.75) is 19.4 Å². The maximum Gasteiger partial charge on any atom is 0.0529 e. The quantitative estimate of drug-likeness (QED) is 0.762. The van der Waals surface area contributed by atoms with E-state index in [1.807, 2.05) is 32.3 Å². The van der Waals surface area contributed by atoms with Crippen molar-refractivity contribution in [2.75, 3.05) is 14.1 Å². The topological polar surface area (TPSA) is 53.1 Å². The lowest BCUT2D eigenvalue weighted by Gasteiger charge is -2.25. The van der Waals surface area contributed by atoms with Crippen LogP contribution in [0.25, 0.3) is 0 Å². The van der Waals surface area contributed by atoms with Gasteiger partial charge in [0.05, 0.1) is 6.04 Å². The minimum absolute atomic E-state index is 0.137. The molecule has 17 heavy (non-hydrogen) atoms. The van der Waals surface area contributed by atoms with Gasteiger partial charge in [-0.25, -0.2) is 0 Å². The number of nitrogens with zero attached hydrogens (tertiary/aromatic N) is 1. The summed E-state index contributed by atoms with van der Waals surface area (Å²) >= 11 is 0. The second-order valence-corrected chi connectivity index (χ2v) is 4.50. The van der Waals surface area contributed by atoms with Gasteiger partial charge >= 0.3 is 0 Å². The highest BCUT2D eigenvalue weighted by molar-refractivity contribution is 5.90. The molecule has 0 aliphatic rings. The molecule has 3 N–H and O–H groups in total. The third kappa shape index (κ3) is 4.41. The van der Waals surface area contributed by atoms with Crippen LogP contribution in [-0.2, 0) is 6.42 Å². The third-order valence-corrected chi connectivity index (χ3v) is 2.66. The minimum Gasteiger partial charge on any atom is -0.401 e. The molecular weight excluding hydrogens is 210 g/mol. The summed E-state index contributed by atoms with van der Waals surface area (Å²) < 4.78 is 0. The second-order valence-electron chi connectivity index (χ2n) is 4.50. The van der Waals surface area contributed by atoms with Crippen LogP contribution in [0.2, 0.25) is 0 Å². The molecule has 0 heterocycles. The van der Waals surface area contributed by atoms with E-state index in [9.17, 15) is 0 Å². The van der Waals surface area contributed by atoms with Gasteiger partial charge in [-0.2, -0.15) is 0 Å². The summed E-state index contributed by atoms with van der Waals surface area (Å²) in [6.07, 6.45) is 2.59. The van der Waals surface area contributed by atoms with E-state index in [0.717, 1.165) is 12.1 Å². The van der Waals surface area contributed by atoms with Crippen molar-refractivity contribution in [1.82, 2.24) is 4.90 Å². The van der Waals surface area contributed by atoms with E-state index in [-0.39, 0.29) is 6.04 Å². The number of benzene rings is 1. The molecule has 0 aliphatic carbocycles. The van der Waals surface area contributed by atoms with Crippen LogP contribution in [0.4, 0.5) is 0 Å². The standard InChI is InChI=1S/C14H21N3/c1-11(15)9-13(16)14(17(2)3)10-12-7-5-4-6-8-12/h4-9,14-15H,10,16H2,1-3H3/b13-9-,15-11?. The lowest BCUT2D eigenvalue weighted by Crippen LogP contribution is -2.35. The molecule has 0 spiro atoms. The number of nitrogens with two attached hydrogens (primary N) is 1. The Labute approximate surface area is 103 Å². The van der Waals surface area contributed by atoms with Gasteiger partial charge in [0.1, 0.15) is 0 Å². The molecule has 1 rings (SSSR count). The average Bonchev–Trinajstić information content (AvgIpc) is 2.25. The first kappa shape index (κ1) is 13.5. The second kappa shape index (κ2) is 6.21. The highest BCUT2D eigenvalue weighted by Gasteiger charge is 2.14. The molecule has 0 fully saturated rings. The number of allylic oxidation sites excluding steroid dienone is 1. The summed E-state index contributed by atoms with van der Waals surface area (Å²) in [6, 6.07) is 10.4. The average molecular weight is 231 g/mol. The molecule has 0 amide bonds. The van der Waals surface area contributed by atoms with Crippen molar-refractivity contribution in [2.24, 2.45) is 5.73 Å². The fraction of sp³-hybridized carbons (Fsp3) is 0.357. The van der Waals surface area contributed by atoms with Gasteiger partial charge in [-0.3, -0.25) is 0 Å². The van der Waals surface area contributed by atoms with E-state index >= 15 is 0 Å². The first-order valence-corrected chi connectivity index (χ1v) is 5.73. The van der Waals surface area contributed by atoms with E-state index in [1.165, 1.54) is 5.56 Å². The predicted octanol–water partition coefficient (Wildman–Crippen LogP) is 2.04. The normalized spacial score (nSPS) is 13.8. The van der Waals surface area contributed by atoms with Gasteiger partial charge < -0.3 is 16.0 Å². The maximum atomic E-state index is 7.46. The van der Waals surface area contributed by atoms with Gasteiger partial charge in [0.2, 0.25) is 0 Å². The molecule has 92 valence electrons. The molecule has 0 saturated heterocycles. The van der Waals surface area contributed by atoms with E-state index in [1.54, 1.807) is 13.0 Å². The number of hydrogen-bond donors (Lipinski definition) is 2. The van der Waals surface area contributed by atoms with Crippen LogP contribution in [-0.4, -0.2) is 30.7 Å². The van der Waals surface area contributed by atoms with Gasteiger partial charge in [-0.05, 0) is 39.1 Å². The van der Waals surface area contributed by atoms with Crippen molar-refractivity contribution in [3.05, 3.63) is 47.7 Å². The molecule has 0 bridgehead atoms. The largest absolute Gasteiger partial charge is 0.401 e. The lowest BCUT2D eigenvalue weighted by atomic mass is 10.0. The molecule has 0 aliphatic heterocycles. The zero-order chi connectivity index (χ0) is 12.8. The molecule has 1 aromatic carbocycles. The van der Waals surface area contributed by atoms with Crippen molar-refractivity contribution in [3.63, 3.8) is 0 Å². The Morgan fingerprint density at radius 3 is 2.41 bits per heavy atom. The van der Waals surface area contributed by atoms with Gasteiger partial charge in [-0.15, -0.1) is 0 Å². The molecule has 3 heteroatoms. The fourth-order valence-electron chi connectivity index (χ4n) is 1.78. The zero-order valence-electron chi connectivity index (χ0n) is 10.8. The van der Waals surface area contributed by atoms with Crippen LogP contribution < -0.4 is 5.73 Å². The van der Waals surface area contributed by atoms with Crippen LogP contribution in [0.1, 0.15) is 12.5 Å². The Bertz CT molecular complexity index is 393. The smallest absolute Gasteiger partial charge is 0.0529 e. The number of hydrogen-bond acceptors (Lipinski definition) is 3. The summed E-state index contributed by atoms with van der Waals surface area (Å²) in [4.78, 5) is 2.09. The highest BCUT2D eigenvalue weighted by Crippen LogP contribution is 2.11. The summed E-state index contributed by atoms with van der Waals surface area (Å²) in [7, 11) is 4.02. The van der Waals surface area contributed by atoms with Crippen molar-refractivity contribution >= 4 is 5.71 Å². The Balaban J connectivity index is 2.84. The molecule has 1 aromatic rings. The minimum atomic E-state index is 0.137. The summed E-state index contributed by atoms with van der Waals surface area (Å²) in [5, 5.41) is 7.46. The van der Waals surface area contributed by atoms with Gasteiger partial charge in [0, 0.05) is 11.4 Å². The molecule has 0 saturated carbocycles. The van der Waals surface area contributed by atoms with Crippen molar-refractivity contribution < 1.29 is 0 Å². The summed E-state index contributed by atoms with van der Waals surface area (Å²) in [6.45, 7) is 1.74. The van der Waals surface area contributed by atoms with Crippen LogP contribution in [0.15, 0.2) is 42.1 Å². The van der Waals surface area contributed by atoms with Crippen molar-refractivity contribution in [1.29, 1.82) is 5.41 Å². The first-order chi connectivity index (χ1) is 8.00. The van der Waals surface area contributed by atoms with Crippen LogP contribution in [0.3, 0.4) is 0 Å². The zero-order valence-corrected chi connectivity index (χ0v) is 10.8. The Kier molecular flexibility index (Phi) is 4.91. The number of nitrogens with one attached hydrogen (secondary N) is 1. The van der Waals surface area contributed by atoms with E-state index in [4.69, 9.17) is 11.1 Å². The van der Waals surface area contributed by atoms with Crippen molar-refractivity contribution in [3.8, 4) is 0 Å².